The monoisotopic (exact) mass is 307 g/mol. The Morgan fingerprint density at radius 1 is 1.56 bits per heavy atom. The van der Waals surface area contributed by atoms with Gasteiger partial charge in [0.05, 0.1) is 15.9 Å². The SMILES string of the molecule is CCc1nn(C)c(CNC(C)CCCl)c1Br. The highest BCUT2D eigenvalue weighted by molar-refractivity contribution is 9.10. The average molecular weight is 309 g/mol. The van der Waals surface area contributed by atoms with E-state index in [-0.39, 0.29) is 0 Å². The first-order chi connectivity index (χ1) is 7.60. The van der Waals surface area contributed by atoms with Gasteiger partial charge in [0.2, 0.25) is 0 Å². The van der Waals surface area contributed by atoms with Gasteiger partial charge in [-0.15, -0.1) is 11.6 Å². The Kier molecular flexibility index (Phi) is 5.79. The summed E-state index contributed by atoms with van der Waals surface area (Å²) in [5.74, 6) is 0.695. The summed E-state index contributed by atoms with van der Waals surface area (Å²) in [6.45, 7) is 5.08. The third-order valence-corrected chi connectivity index (χ3v) is 3.80. The Morgan fingerprint density at radius 3 is 2.75 bits per heavy atom. The van der Waals surface area contributed by atoms with Crippen molar-refractivity contribution in [3.8, 4) is 0 Å². The van der Waals surface area contributed by atoms with Gasteiger partial charge in [-0.1, -0.05) is 6.92 Å². The van der Waals surface area contributed by atoms with Crippen LogP contribution >= 0.6 is 27.5 Å². The average Bonchev–Trinajstić information content (AvgIpc) is 2.52. The summed E-state index contributed by atoms with van der Waals surface area (Å²) in [4.78, 5) is 0. The molecule has 0 amide bonds. The Morgan fingerprint density at radius 2 is 2.25 bits per heavy atom. The highest BCUT2D eigenvalue weighted by Crippen LogP contribution is 2.21. The molecule has 1 heterocycles. The van der Waals surface area contributed by atoms with Crippen LogP contribution in [0.25, 0.3) is 0 Å². The van der Waals surface area contributed by atoms with Gasteiger partial charge >= 0.3 is 0 Å². The summed E-state index contributed by atoms with van der Waals surface area (Å²) >= 11 is 9.30. The topological polar surface area (TPSA) is 29.9 Å². The second-order valence-corrected chi connectivity index (χ2v) is 5.12. The Labute approximate surface area is 111 Å². The number of alkyl halides is 1. The molecule has 1 rings (SSSR count). The molecule has 0 aromatic carbocycles. The van der Waals surface area contributed by atoms with E-state index in [9.17, 15) is 0 Å². The van der Waals surface area contributed by atoms with Gasteiger partial charge in [-0.25, -0.2) is 0 Å². The van der Waals surface area contributed by atoms with Gasteiger partial charge in [-0.3, -0.25) is 4.68 Å². The summed E-state index contributed by atoms with van der Waals surface area (Å²) in [5, 5.41) is 7.90. The fourth-order valence-corrected chi connectivity index (χ4v) is 2.63. The summed E-state index contributed by atoms with van der Waals surface area (Å²) in [7, 11) is 1.98. The molecule has 0 radical (unpaired) electrons. The zero-order valence-electron chi connectivity index (χ0n) is 10.1. The quantitative estimate of drug-likeness (QED) is 0.819. The van der Waals surface area contributed by atoms with Gasteiger partial charge in [-0.05, 0) is 35.7 Å². The van der Waals surface area contributed by atoms with Crippen molar-refractivity contribution in [3.05, 3.63) is 15.9 Å². The molecule has 1 unspecified atom stereocenters. The molecule has 0 aliphatic carbocycles. The number of halogens is 2. The fraction of sp³-hybridized carbons (Fsp3) is 0.727. The molecule has 0 saturated carbocycles. The molecule has 0 spiro atoms. The minimum absolute atomic E-state index is 0.435. The number of nitrogens with zero attached hydrogens (tertiary/aromatic N) is 2. The van der Waals surface area contributed by atoms with E-state index in [2.05, 4.69) is 40.2 Å². The Bertz CT molecular complexity index is 338. The van der Waals surface area contributed by atoms with Crippen molar-refractivity contribution in [2.24, 2.45) is 7.05 Å². The van der Waals surface area contributed by atoms with Crippen LogP contribution in [-0.4, -0.2) is 21.7 Å². The lowest BCUT2D eigenvalue weighted by molar-refractivity contribution is 0.517. The molecule has 3 nitrogen and oxygen atoms in total. The third-order valence-electron chi connectivity index (χ3n) is 2.66. The zero-order valence-corrected chi connectivity index (χ0v) is 12.4. The molecule has 0 aliphatic rings. The van der Waals surface area contributed by atoms with E-state index >= 15 is 0 Å². The number of aromatic nitrogens is 2. The standard InChI is InChI=1S/C11H19BrClN3/c1-4-9-11(12)10(16(3)15-9)7-14-8(2)5-6-13/h8,14H,4-7H2,1-3H3. The number of nitrogens with one attached hydrogen (secondary N) is 1. The maximum absolute atomic E-state index is 5.70. The minimum atomic E-state index is 0.435. The van der Waals surface area contributed by atoms with Crippen LogP contribution < -0.4 is 5.32 Å². The van der Waals surface area contributed by atoms with Crippen molar-refractivity contribution < 1.29 is 0 Å². The fourth-order valence-electron chi connectivity index (χ4n) is 1.55. The molecule has 1 atom stereocenters. The van der Waals surface area contributed by atoms with E-state index in [0.717, 1.165) is 29.6 Å². The second-order valence-electron chi connectivity index (χ2n) is 3.94. The number of aryl methyl sites for hydroxylation is 2. The maximum Gasteiger partial charge on any atom is 0.0767 e. The van der Waals surface area contributed by atoms with E-state index in [1.165, 1.54) is 5.69 Å². The van der Waals surface area contributed by atoms with Crippen molar-refractivity contribution in [2.45, 2.75) is 39.3 Å². The molecule has 16 heavy (non-hydrogen) atoms. The van der Waals surface area contributed by atoms with Crippen molar-refractivity contribution >= 4 is 27.5 Å². The maximum atomic E-state index is 5.70. The summed E-state index contributed by atoms with van der Waals surface area (Å²) in [5.41, 5.74) is 2.31. The predicted molar refractivity (Wildman–Crippen MR) is 71.9 cm³/mol. The summed E-state index contributed by atoms with van der Waals surface area (Å²) in [6, 6.07) is 0.435. The lowest BCUT2D eigenvalue weighted by atomic mass is 10.2. The van der Waals surface area contributed by atoms with Crippen LogP contribution in [0.5, 0.6) is 0 Å². The lowest BCUT2D eigenvalue weighted by Crippen LogP contribution is -2.26. The highest BCUT2D eigenvalue weighted by Gasteiger charge is 2.12. The molecule has 5 heteroatoms. The van der Waals surface area contributed by atoms with Gasteiger partial charge in [0.25, 0.3) is 0 Å². The number of hydrogen-bond acceptors (Lipinski definition) is 2. The molecule has 92 valence electrons. The summed E-state index contributed by atoms with van der Waals surface area (Å²) in [6.07, 6.45) is 1.93. The van der Waals surface area contributed by atoms with Gasteiger partial charge in [-0.2, -0.15) is 5.10 Å². The molecule has 0 fully saturated rings. The minimum Gasteiger partial charge on any atom is -0.309 e. The van der Waals surface area contributed by atoms with Gasteiger partial charge in [0.1, 0.15) is 0 Å². The van der Waals surface area contributed by atoms with Gasteiger partial charge < -0.3 is 5.32 Å². The van der Waals surface area contributed by atoms with E-state index in [1.54, 1.807) is 0 Å². The molecule has 0 bridgehead atoms. The van der Waals surface area contributed by atoms with Crippen LogP contribution in [0.3, 0.4) is 0 Å². The molecular formula is C11H19BrClN3. The van der Waals surface area contributed by atoms with E-state index in [1.807, 2.05) is 11.7 Å². The largest absolute Gasteiger partial charge is 0.309 e. The third kappa shape index (κ3) is 3.47. The van der Waals surface area contributed by atoms with Crippen LogP contribution in [0.2, 0.25) is 0 Å². The van der Waals surface area contributed by atoms with Crippen LogP contribution in [-0.2, 0) is 20.0 Å². The highest BCUT2D eigenvalue weighted by atomic mass is 79.9. The normalized spacial score (nSPS) is 13.1. The molecule has 1 aromatic rings. The summed E-state index contributed by atoms with van der Waals surface area (Å²) < 4.78 is 3.06. The first-order valence-electron chi connectivity index (χ1n) is 5.59. The van der Waals surface area contributed by atoms with Crippen molar-refractivity contribution in [3.63, 3.8) is 0 Å². The number of rotatable bonds is 6. The van der Waals surface area contributed by atoms with Crippen molar-refractivity contribution in [1.82, 2.24) is 15.1 Å². The van der Waals surface area contributed by atoms with E-state index in [4.69, 9.17) is 11.6 Å². The Balaban J connectivity index is 2.63. The molecule has 1 aromatic heterocycles. The van der Waals surface area contributed by atoms with Crippen LogP contribution in [0.4, 0.5) is 0 Å². The first kappa shape index (κ1) is 14.0. The molecule has 0 aliphatic heterocycles. The lowest BCUT2D eigenvalue weighted by Gasteiger charge is -2.12. The van der Waals surface area contributed by atoms with Crippen LogP contribution in [0.15, 0.2) is 4.47 Å². The molecule has 1 N–H and O–H groups in total. The predicted octanol–water partition coefficient (Wildman–Crippen LogP) is 2.85. The van der Waals surface area contributed by atoms with E-state index < -0.39 is 0 Å². The van der Waals surface area contributed by atoms with Crippen LogP contribution in [0, 0.1) is 0 Å². The first-order valence-corrected chi connectivity index (χ1v) is 6.92. The Hall–Kier alpha value is -0.0600. The van der Waals surface area contributed by atoms with Gasteiger partial charge in [0.15, 0.2) is 0 Å². The second kappa shape index (κ2) is 6.62. The number of hydrogen-bond donors (Lipinski definition) is 1. The van der Waals surface area contributed by atoms with Gasteiger partial charge in [0, 0.05) is 25.5 Å². The molecular weight excluding hydrogens is 289 g/mol. The molecule has 0 saturated heterocycles. The smallest absolute Gasteiger partial charge is 0.0767 e. The van der Waals surface area contributed by atoms with Crippen LogP contribution in [0.1, 0.15) is 31.7 Å². The van der Waals surface area contributed by atoms with Crippen molar-refractivity contribution in [1.29, 1.82) is 0 Å². The zero-order chi connectivity index (χ0) is 12.1. The van der Waals surface area contributed by atoms with E-state index in [0.29, 0.717) is 11.9 Å². The van der Waals surface area contributed by atoms with Crippen molar-refractivity contribution in [2.75, 3.05) is 5.88 Å².